The molecule has 0 amide bonds. The van der Waals surface area contributed by atoms with Crippen molar-refractivity contribution in [3.05, 3.63) is 47.2 Å². The second kappa shape index (κ2) is 8.40. The molecule has 10 nitrogen and oxygen atoms in total. The summed E-state index contributed by atoms with van der Waals surface area (Å²) in [4.78, 5) is 0. The highest BCUT2D eigenvalue weighted by Crippen LogP contribution is 2.45. The van der Waals surface area contributed by atoms with Crippen LogP contribution in [-0.2, 0) is 9.47 Å². The summed E-state index contributed by atoms with van der Waals surface area (Å²) in [7, 11) is 1.39. The van der Waals surface area contributed by atoms with Gasteiger partial charge in [0.1, 0.15) is 41.3 Å². The van der Waals surface area contributed by atoms with Crippen molar-refractivity contribution in [2.75, 3.05) is 7.11 Å². The van der Waals surface area contributed by atoms with Crippen molar-refractivity contribution < 1.29 is 49.6 Å². The number of hydrogen-bond donors (Lipinski definition) is 6. The summed E-state index contributed by atoms with van der Waals surface area (Å²) in [5.74, 6) is -0.121. The SMILES string of the molecule is COc1cc(C2Oc3cc(O)cc(O)c3C=C2O[C@@H]2O[C@@H](C)[C@H](O)[C@@H](O)[C@@H]2O)ccc1O. The minimum Gasteiger partial charge on any atom is -0.508 e. The van der Waals surface area contributed by atoms with E-state index in [2.05, 4.69) is 0 Å². The van der Waals surface area contributed by atoms with Crippen LogP contribution in [0.5, 0.6) is 28.7 Å². The van der Waals surface area contributed by atoms with Crippen LogP contribution in [0.4, 0.5) is 0 Å². The average Bonchev–Trinajstić information content (AvgIpc) is 2.76. The summed E-state index contributed by atoms with van der Waals surface area (Å²) in [6.07, 6.45) is -6.03. The second-order valence-electron chi connectivity index (χ2n) is 7.65. The smallest absolute Gasteiger partial charge is 0.228 e. The Labute approximate surface area is 183 Å². The number of methoxy groups -OCH3 is 1. The molecule has 0 aliphatic carbocycles. The number of ether oxygens (including phenoxy) is 4. The molecular weight excluding hydrogens is 424 g/mol. The van der Waals surface area contributed by atoms with Crippen molar-refractivity contribution in [2.24, 2.45) is 0 Å². The molecule has 0 radical (unpaired) electrons. The van der Waals surface area contributed by atoms with Gasteiger partial charge in [-0.2, -0.15) is 0 Å². The number of rotatable bonds is 4. The van der Waals surface area contributed by atoms with Crippen LogP contribution in [0.3, 0.4) is 0 Å². The third-order valence-electron chi connectivity index (χ3n) is 5.46. The molecule has 6 atom stereocenters. The molecule has 1 unspecified atom stereocenters. The summed E-state index contributed by atoms with van der Waals surface area (Å²) in [6, 6.07) is 6.94. The zero-order chi connectivity index (χ0) is 23.2. The van der Waals surface area contributed by atoms with E-state index in [1.165, 1.54) is 38.3 Å². The standard InChI is InChI=1S/C22H24O10/c1-9-18(26)19(27)20(28)22(30-9)32-17-8-12-14(25)6-11(23)7-15(12)31-21(17)10-3-4-13(24)16(5-10)29-2/h3-9,18-28H,1-2H3/t9-,18-,19+,20-,21?,22-/m0/s1. The first-order valence-corrected chi connectivity index (χ1v) is 9.87. The van der Waals surface area contributed by atoms with Gasteiger partial charge in [0.25, 0.3) is 0 Å². The Bertz CT molecular complexity index is 1040. The summed E-state index contributed by atoms with van der Waals surface area (Å²) < 4.78 is 22.5. The molecule has 4 rings (SSSR count). The number of aliphatic hydroxyl groups is 3. The van der Waals surface area contributed by atoms with Crippen LogP contribution in [0.15, 0.2) is 36.1 Å². The van der Waals surface area contributed by atoms with Crippen molar-refractivity contribution >= 4 is 6.08 Å². The third kappa shape index (κ3) is 3.89. The molecule has 2 aromatic carbocycles. The van der Waals surface area contributed by atoms with E-state index in [1.54, 1.807) is 6.07 Å². The monoisotopic (exact) mass is 448 g/mol. The van der Waals surface area contributed by atoms with Gasteiger partial charge < -0.3 is 49.6 Å². The van der Waals surface area contributed by atoms with Crippen LogP contribution in [0.2, 0.25) is 0 Å². The minimum absolute atomic E-state index is 0.0915. The van der Waals surface area contributed by atoms with E-state index in [1.807, 2.05) is 0 Å². The fraction of sp³-hybridized carbons (Fsp3) is 0.364. The minimum atomic E-state index is -1.56. The van der Waals surface area contributed by atoms with Gasteiger partial charge in [0.15, 0.2) is 17.6 Å². The maximum Gasteiger partial charge on any atom is 0.228 e. The highest BCUT2D eigenvalue weighted by atomic mass is 16.7. The fourth-order valence-electron chi connectivity index (χ4n) is 3.67. The Balaban J connectivity index is 1.75. The molecule has 2 aromatic rings. The van der Waals surface area contributed by atoms with Crippen LogP contribution < -0.4 is 9.47 Å². The average molecular weight is 448 g/mol. The third-order valence-corrected chi connectivity index (χ3v) is 5.46. The molecule has 10 heteroatoms. The van der Waals surface area contributed by atoms with Crippen molar-refractivity contribution in [2.45, 2.75) is 43.7 Å². The van der Waals surface area contributed by atoms with Crippen LogP contribution >= 0.6 is 0 Å². The number of fused-ring (bicyclic) bond motifs is 1. The van der Waals surface area contributed by atoms with Gasteiger partial charge in [-0.05, 0) is 25.1 Å². The van der Waals surface area contributed by atoms with E-state index in [-0.39, 0.29) is 40.1 Å². The molecule has 6 N–H and O–H groups in total. The molecule has 1 fully saturated rings. The van der Waals surface area contributed by atoms with Crippen LogP contribution in [0.25, 0.3) is 6.08 Å². The lowest BCUT2D eigenvalue weighted by atomic mass is 9.99. The summed E-state index contributed by atoms with van der Waals surface area (Å²) in [5, 5.41) is 60.4. The van der Waals surface area contributed by atoms with Gasteiger partial charge in [0, 0.05) is 17.7 Å². The van der Waals surface area contributed by atoms with E-state index < -0.39 is 36.8 Å². The van der Waals surface area contributed by atoms with Crippen molar-refractivity contribution in [3.8, 4) is 28.7 Å². The molecule has 172 valence electrons. The predicted molar refractivity (Wildman–Crippen MR) is 109 cm³/mol. The quantitative estimate of drug-likeness (QED) is 0.400. The first-order valence-electron chi connectivity index (χ1n) is 9.87. The summed E-state index contributed by atoms with van der Waals surface area (Å²) in [6.45, 7) is 1.52. The fourth-order valence-corrected chi connectivity index (χ4v) is 3.67. The molecule has 0 aromatic heterocycles. The van der Waals surface area contributed by atoms with E-state index in [9.17, 15) is 30.6 Å². The highest BCUT2D eigenvalue weighted by molar-refractivity contribution is 5.69. The molecular formula is C22H24O10. The Morgan fingerprint density at radius 3 is 2.38 bits per heavy atom. The van der Waals surface area contributed by atoms with Crippen molar-refractivity contribution in [3.63, 3.8) is 0 Å². The Morgan fingerprint density at radius 2 is 1.66 bits per heavy atom. The van der Waals surface area contributed by atoms with Crippen LogP contribution in [-0.4, -0.2) is 68.5 Å². The maximum atomic E-state index is 10.4. The number of hydrogen-bond acceptors (Lipinski definition) is 10. The van der Waals surface area contributed by atoms with Gasteiger partial charge in [-0.1, -0.05) is 6.07 Å². The number of phenolic OH excluding ortho intramolecular Hbond substituents is 3. The Kier molecular flexibility index (Phi) is 5.78. The lowest BCUT2D eigenvalue weighted by Crippen LogP contribution is -2.57. The molecule has 0 bridgehead atoms. The first kappa shape index (κ1) is 22.0. The van der Waals surface area contributed by atoms with Gasteiger partial charge in [0.05, 0.1) is 18.8 Å². The number of aromatic hydroxyl groups is 3. The summed E-state index contributed by atoms with van der Waals surface area (Å²) in [5.41, 5.74) is 0.706. The van der Waals surface area contributed by atoms with Crippen molar-refractivity contribution in [1.82, 2.24) is 0 Å². The lowest BCUT2D eigenvalue weighted by Gasteiger charge is -2.40. The van der Waals surface area contributed by atoms with Crippen LogP contribution in [0, 0.1) is 0 Å². The number of benzene rings is 2. The molecule has 0 saturated carbocycles. The van der Waals surface area contributed by atoms with Crippen LogP contribution in [0.1, 0.15) is 24.2 Å². The van der Waals surface area contributed by atoms with E-state index >= 15 is 0 Å². The van der Waals surface area contributed by atoms with Gasteiger partial charge in [-0.3, -0.25) is 0 Å². The van der Waals surface area contributed by atoms with Gasteiger partial charge in [0.2, 0.25) is 6.29 Å². The zero-order valence-electron chi connectivity index (χ0n) is 17.2. The Morgan fingerprint density at radius 1 is 0.906 bits per heavy atom. The number of phenols is 3. The number of aliphatic hydroxyl groups excluding tert-OH is 3. The van der Waals surface area contributed by atoms with E-state index in [0.29, 0.717) is 5.56 Å². The largest absolute Gasteiger partial charge is 0.508 e. The van der Waals surface area contributed by atoms with Gasteiger partial charge in [-0.15, -0.1) is 0 Å². The topological polar surface area (TPSA) is 158 Å². The van der Waals surface area contributed by atoms with E-state index in [0.717, 1.165) is 6.07 Å². The van der Waals surface area contributed by atoms with Gasteiger partial charge in [-0.25, -0.2) is 0 Å². The molecule has 2 aliphatic rings. The molecule has 2 aliphatic heterocycles. The highest BCUT2D eigenvalue weighted by Gasteiger charge is 2.44. The lowest BCUT2D eigenvalue weighted by molar-refractivity contribution is -0.285. The molecule has 1 saturated heterocycles. The molecule has 32 heavy (non-hydrogen) atoms. The van der Waals surface area contributed by atoms with Crippen molar-refractivity contribution in [1.29, 1.82) is 0 Å². The maximum absolute atomic E-state index is 10.4. The molecule has 0 spiro atoms. The molecule has 2 heterocycles. The Hall–Kier alpha value is -3.18. The zero-order valence-corrected chi connectivity index (χ0v) is 17.2. The summed E-state index contributed by atoms with van der Waals surface area (Å²) >= 11 is 0. The van der Waals surface area contributed by atoms with E-state index in [4.69, 9.17) is 18.9 Å². The predicted octanol–water partition coefficient (Wildman–Crippen LogP) is 1.13. The normalized spacial score (nSPS) is 29.5. The van der Waals surface area contributed by atoms with Gasteiger partial charge >= 0.3 is 0 Å². The second-order valence-corrected chi connectivity index (χ2v) is 7.65. The first-order chi connectivity index (χ1) is 15.2.